The van der Waals surface area contributed by atoms with Crippen molar-refractivity contribution in [3.63, 3.8) is 0 Å². The predicted molar refractivity (Wildman–Crippen MR) is 114 cm³/mol. The number of nitro groups is 1. The molecule has 1 aliphatic rings. The van der Waals surface area contributed by atoms with Gasteiger partial charge in [-0.3, -0.25) is 24.6 Å². The Labute approximate surface area is 194 Å². The van der Waals surface area contributed by atoms with Crippen molar-refractivity contribution >= 4 is 28.8 Å². The van der Waals surface area contributed by atoms with Crippen molar-refractivity contribution in [2.45, 2.75) is 19.3 Å². The third-order valence-corrected chi connectivity index (χ3v) is 5.16. The number of carbonyl (C=O) groups is 2. The number of amides is 1. The summed E-state index contributed by atoms with van der Waals surface area (Å²) in [5.41, 5.74) is -0.770. The number of aliphatic hydroxyl groups excluding tert-OH is 1. The number of alkyl halides is 3. The van der Waals surface area contributed by atoms with Gasteiger partial charge in [0.25, 0.3) is 17.4 Å². The van der Waals surface area contributed by atoms with Crippen molar-refractivity contribution < 1.29 is 41.9 Å². The van der Waals surface area contributed by atoms with E-state index in [2.05, 4.69) is 4.74 Å². The lowest BCUT2D eigenvalue weighted by molar-refractivity contribution is -0.384. The van der Waals surface area contributed by atoms with Gasteiger partial charge in [-0.05, 0) is 43.3 Å². The number of benzene rings is 2. The molecule has 1 fully saturated rings. The number of anilines is 1. The van der Waals surface area contributed by atoms with E-state index in [9.17, 15) is 38.0 Å². The fourth-order valence-corrected chi connectivity index (χ4v) is 3.70. The van der Waals surface area contributed by atoms with Gasteiger partial charge in [0, 0.05) is 29.4 Å². The molecular weight excluding hydrogens is 473 g/mol. The Bertz CT molecular complexity index is 1360. The summed E-state index contributed by atoms with van der Waals surface area (Å²) >= 11 is 0. The molecule has 1 amide bonds. The number of nitro benzene ring substituents is 1. The van der Waals surface area contributed by atoms with Crippen molar-refractivity contribution in [2.75, 3.05) is 4.90 Å². The topological polar surface area (TPSA) is 123 Å². The molecule has 9 nitrogen and oxygen atoms in total. The van der Waals surface area contributed by atoms with Crippen LogP contribution in [0.25, 0.3) is 5.76 Å². The molecule has 180 valence electrons. The van der Waals surface area contributed by atoms with E-state index in [4.69, 9.17) is 4.42 Å². The molecule has 2 aromatic carbocycles. The standard InChI is InChI=1S/C23H15F3N2O7/c1-12-5-10-17(34-12)19-18(20(29)13-6-8-14(9-7-13)28(32)33)21(30)22(31)27(19)15-3-2-4-16(11-15)35-23(24,25)26/h2-11,19,29H,1H3/b20-18-. The quantitative estimate of drug-likeness (QED) is 0.176. The number of aryl methyl sites for hydroxylation is 1. The molecule has 0 aliphatic carbocycles. The van der Waals surface area contributed by atoms with Gasteiger partial charge < -0.3 is 14.3 Å². The third-order valence-electron chi connectivity index (χ3n) is 5.16. The van der Waals surface area contributed by atoms with E-state index < -0.39 is 46.1 Å². The SMILES string of the molecule is Cc1ccc(C2/C(=C(/O)c3ccc([N+](=O)[O-])cc3)C(=O)C(=O)N2c2cccc(OC(F)(F)F)c2)o1. The summed E-state index contributed by atoms with van der Waals surface area (Å²) in [7, 11) is 0. The molecule has 1 aromatic heterocycles. The molecule has 0 bridgehead atoms. The normalized spacial score (nSPS) is 17.6. The largest absolute Gasteiger partial charge is 0.573 e. The van der Waals surface area contributed by atoms with Crippen LogP contribution in [0.1, 0.15) is 23.1 Å². The van der Waals surface area contributed by atoms with Crippen LogP contribution < -0.4 is 9.64 Å². The first-order valence-corrected chi connectivity index (χ1v) is 9.94. The van der Waals surface area contributed by atoms with Crippen molar-refractivity contribution in [3.8, 4) is 5.75 Å². The van der Waals surface area contributed by atoms with E-state index in [1.54, 1.807) is 13.0 Å². The minimum atomic E-state index is -4.99. The van der Waals surface area contributed by atoms with Gasteiger partial charge in [0.2, 0.25) is 0 Å². The average Bonchev–Trinajstić information content (AvgIpc) is 3.33. The minimum absolute atomic E-state index is 0.0102. The van der Waals surface area contributed by atoms with Gasteiger partial charge >= 0.3 is 6.36 Å². The monoisotopic (exact) mass is 488 g/mol. The van der Waals surface area contributed by atoms with Crippen LogP contribution in [0.2, 0.25) is 0 Å². The number of carbonyl (C=O) groups excluding carboxylic acids is 2. The van der Waals surface area contributed by atoms with Crippen LogP contribution in [-0.4, -0.2) is 28.1 Å². The molecule has 4 rings (SSSR count). The summed E-state index contributed by atoms with van der Waals surface area (Å²) in [5, 5.41) is 21.9. The smallest absolute Gasteiger partial charge is 0.507 e. The Morgan fingerprint density at radius 2 is 1.80 bits per heavy atom. The molecule has 1 N–H and O–H groups in total. The van der Waals surface area contributed by atoms with Gasteiger partial charge in [-0.1, -0.05) is 6.07 Å². The van der Waals surface area contributed by atoms with Gasteiger partial charge in [0.1, 0.15) is 29.1 Å². The molecule has 0 saturated carbocycles. The fourth-order valence-electron chi connectivity index (χ4n) is 3.70. The number of hydrogen-bond acceptors (Lipinski definition) is 7. The maximum Gasteiger partial charge on any atom is 0.573 e. The Morgan fingerprint density at radius 3 is 2.37 bits per heavy atom. The second kappa shape index (κ2) is 8.63. The van der Waals surface area contributed by atoms with Crippen molar-refractivity contribution in [2.24, 2.45) is 0 Å². The molecule has 0 spiro atoms. The number of halogens is 3. The van der Waals surface area contributed by atoms with Crippen LogP contribution in [0, 0.1) is 17.0 Å². The van der Waals surface area contributed by atoms with Crippen molar-refractivity contribution in [3.05, 3.63) is 93.4 Å². The van der Waals surface area contributed by atoms with Gasteiger partial charge in [0.05, 0.1) is 10.5 Å². The predicted octanol–water partition coefficient (Wildman–Crippen LogP) is 5.02. The van der Waals surface area contributed by atoms with Crippen LogP contribution in [-0.2, 0) is 9.59 Å². The van der Waals surface area contributed by atoms with E-state index in [0.717, 1.165) is 29.2 Å². The number of non-ortho nitro benzene ring substituents is 1. The summed E-state index contributed by atoms with van der Waals surface area (Å²) < 4.78 is 47.7. The Kier molecular flexibility index (Phi) is 5.81. The molecular formula is C23H15F3N2O7. The molecule has 1 aliphatic heterocycles. The summed E-state index contributed by atoms with van der Waals surface area (Å²) in [6, 6.07) is 10.7. The van der Waals surface area contributed by atoms with Crippen molar-refractivity contribution in [1.82, 2.24) is 0 Å². The van der Waals surface area contributed by atoms with Crippen LogP contribution in [0.4, 0.5) is 24.5 Å². The second-order valence-electron chi connectivity index (χ2n) is 7.47. The van der Waals surface area contributed by atoms with Crippen LogP contribution >= 0.6 is 0 Å². The second-order valence-corrected chi connectivity index (χ2v) is 7.47. The molecule has 0 radical (unpaired) electrons. The molecule has 1 atom stereocenters. The number of Topliss-reactive ketones (excluding diaryl/α,β-unsaturated/α-hetero) is 1. The van der Waals surface area contributed by atoms with E-state index in [0.29, 0.717) is 5.76 Å². The van der Waals surface area contributed by atoms with Gasteiger partial charge in [-0.15, -0.1) is 13.2 Å². The fraction of sp³-hybridized carbons (Fsp3) is 0.130. The summed E-state index contributed by atoms with van der Waals surface area (Å²) in [6.07, 6.45) is -4.99. The van der Waals surface area contributed by atoms with E-state index in [-0.39, 0.29) is 22.7 Å². The molecule has 12 heteroatoms. The highest BCUT2D eigenvalue weighted by Gasteiger charge is 2.48. The van der Waals surface area contributed by atoms with Gasteiger partial charge in [0.15, 0.2) is 0 Å². The van der Waals surface area contributed by atoms with Crippen LogP contribution in [0.3, 0.4) is 0 Å². The number of rotatable bonds is 5. The number of aliphatic hydroxyl groups is 1. The van der Waals surface area contributed by atoms with Crippen LogP contribution in [0.5, 0.6) is 5.75 Å². The first-order chi connectivity index (χ1) is 16.5. The van der Waals surface area contributed by atoms with Gasteiger partial charge in [-0.25, -0.2) is 0 Å². The Morgan fingerprint density at radius 1 is 1.11 bits per heavy atom. The van der Waals surface area contributed by atoms with E-state index in [1.165, 1.54) is 30.3 Å². The Balaban J connectivity index is 1.86. The maximum atomic E-state index is 13.0. The highest BCUT2D eigenvalue weighted by atomic mass is 19.4. The van der Waals surface area contributed by atoms with E-state index >= 15 is 0 Å². The maximum absolute atomic E-state index is 13.0. The highest BCUT2D eigenvalue weighted by Crippen LogP contribution is 2.43. The Hall–Kier alpha value is -4.61. The summed E-state index contributed by atoms with van der Waals surface area (Å²) in [5.74, 6) is -3.04. The highest BCUT2D eigenvalue weighted by molar-refractivity contribution is 6.51. The molecule has 3 aromatic rings. The average molecular weight is 488 g/mol. The molecule has 1 saturated heterocycles. The molecule has 35 heavy (non-hydrogen) atoms. The number of hydrogen-bond donors (Lipinski definition) is 1. The zero-order valence-corrected chi connectivity index (χ0v) is 17.8. The van der Waals surface area contributed by atoms with Crippen LogP contribution in [0.15, 0.2) is 70.7 Å². The first-order valence-electron chi connectivity index (χ1n) is 9.94. The van der Waals surface area contributed by atoms with Crippen molar-refractivity contribution in [1.29, 1.82) is 0 Å². The number of nitrogens with zero attached hydrogens (tertiary/aromatic N) is 2. The molecule has 2 heterocycles. The first kappa shape index (κ1) is 23.5. The van der Waals surface area contributed by atoms with E-state index in [1.807, 2.05) is 0 Å². The van der Waals surface area contributed by atoms with Gasteiger partial charge in [-0.2, -0.15) is 0 Å². The number of furan rings is 1. The minimum Gasteiger partial charge on any atom is -0.507 e. The summed E-state index contributed by atoms with van der Waals surface area (Å²) in [6.45, 7) is 1.60. The lowest BCUT2D eigenvalue weighted by Crippen LogP contribution is -2.29. The zero-order chi connectivity index (χ0) is 25.5. The number of ketones is 1. The lowest BCUT2D eigenvalue weighted by Gasteiger charge is -2.24. The zero-order valence-electron chi connectivity index (χ0n) is 17.8. The lowest BCUT2D eigenvalue weighted by atomic mass is 9.99. The number of ether oxygens (including phenoxy) is 1. The molecule has 1 unspecified atom stereocenters. The third kappa shape index (κ3) is 4.58. The summed E-state index contributed by atoms with van der Waals surface area (Å²) in [4.78, 5) is 37.2.